The van der Waals surface area contributed by atoms with Gasteiger partial charge in [-0.2, -0.15) is 0 Å². The molecular weight excluding hydrogens is 304 g/mol. The van der Waals surface area contributed by atoms with E-state index < -0.39 is 22.8 Å². The molecular formula is C11H13BrN2O4. The predicted octanol–water partition coefficient (Wildman–Crippen LogP) is -0.397. The van der Waals surface area contributed by atoms with Crippen molar-refractivity contribution in [2.24, 2.45) is 11.3 Å². The highest BCUT2D eigenvalue weighted by Gasteiger charge is 2.67. The molecule has 2 fully saturated rings. The molecule has 98 valence electrons. The van der Waals surface area contributed by atoms with Gasteiger partial charge in [-0.05, 0) is 34.7 Å². The smallest absolute Gasteiger partial charge is 0.328 e. The highest BCUT2D eigenvalue weighted by molar-refractivity contribution is 9.10. The minimum atomic E-state index is -0.588. The van der Waals surface area contributed by atoms with E-state index in [1.807, 2.05) is 0 Å². The first-order valence-corrected chi connectivity index (χ1v) is 6.59. The van der Waals surface area contributed by atoms with E-state index in [4.69, 9.17) is 0 Å². The number of nitrogens with zero attached hydrogens (tertiary/aromatic N) is 1. The number of hydrogen-bond acceptors (Lipinski definition) is 4. The Hall–Kier alpha value is -0.920. The quantitative estimate of drug-likeness (QED) is 0.692. The van der Waals surface area contributed by atoms with Crippen LogP contribution in [0.4, 0.5) is 0 Å². The highest BCUT2D eigenvalue weighted by atomic mass is 79.9. The Kier molecular flexibility index (Phi) is 2.55. The number of aromatic amines is 1. The van der Waals surface area contributed by atoms with Gasteiger partial charge in [0.15, 0.2) is 0 Å². The fourth-order valence-corrected chi connectivity index (χ4v) is 3.50. The summed E-state index contributed by atoms with van der Waals surface area (Å²) in [5, 5.41) is 19.3. The van der Waals surface area contributed by atoms with Crippen LogP contribution in [-0.4, -0.2) is 32.5 Å². The van der Waals surface area contributed by atoms with Crippen LogP contribution in [0.3, 0.4) is 0 Å². The van der Waals surface area contributed by atoms with E-state index in [9.17, 15) is 19.8 Å². The zero-order chi connectivity index (χ0) is 13.1. The highest BCUT2D eigenvalue weighted by Crippen LogP contribution is 2.66. The maximum Gasteiger partial charge on any atom is 0.328 e. The fourth-order valence-electron chi connectivity index (χ4n) is 3.18. The molecule has 0 saturated heterocycles. The molecule has 2 aliphatic rings. The van der Waals surface area contributed by atoms with Crippen molar-refractivity contribution in [3.8, 4) is 0 Å². The monoisotopic (exact) mass is 316 g/mol. The van der Waals surface area contributed by atoms with E-state index in [1.54, 1.807) is 0 Å². The van der Waals surface area contributed by atoms with E-state index in [1.165, 1.54) is 10.8 Å². The topological polar surface area (TPSA) is 95.3 Å². The summed E-state index contributed by atoms with van der Waals surface area (Å²) < 4.78 is 1.74. The van der Waals surface area contributed by atoms with Crippen molar-refractivity contribution in [3.63, 3.8) is 0 Å². The number of fused-ring (bicyclic) bond motifs is 1. The van der Waals surface area contributed by atoms with Gasteiger partial charge in [-0.3, -0.25) is 14.3 Å². The second kappa shape index (κ2) is 3.79. The molecule has 3 rings (SSSR count). The molecule has 0 bridgehead atoms. The van der Waals surface area contributed by atoms with Crippen LogP contribution in [0.5, 0.6) is 0 Å². The van der Waals surface area contributed by atoms with E-state index in [0.717, 1.165) is 6.42 Å². The molecule has 3 N–H and O–H groups in total. The van der Waals surface area contributed by atoms with E-state index in [2.05, 4.69) is 20.9 Å². The SMILES string of the molecule is O=c1[nH]c(=O)n([C@H]2C[C@H](O)[C@@]3(CO)CC23)cc1Br. The molecule has 1 heterocycles. The molecule has 0 radical (unpaired) electrons. The lowest BCUT2D eigenvalue weighted by Crippen LogP contribution is -2.33. The van der Waals surface area contributed by atoms with Gasteiger partial charge in [-0.25, -0.2) is 4.79 Å². The van der Waals surface area contributed by atoms with Gasteiger partial charge in [-0.15, -0.1) is 0 Å². The minimum Gasteiger partial charge on any atom is -0.396 e. The van der Waals surface area contributed by atoms with Gasteiger partial charge in [0.25, 0.3) is 5.56 Å². The summed E-state index contributed by atoms with van der Waals surface area (Å²) in [5.41, 5.74) is -1.37. The van der Waals surface area contributed by atoms with Gasteiger partial charge in [0, 0.05) is 17.7 Å². The molecule has 6 nitrogen and oxygen atoms in total. The zero-order valence-electron chi connectivity index (χ0n) is 9.47. The van der Waals surface area contributed by atoms with Gasteiger partial charge >= 0.3 is 5.69 Å². The van der Waals surface area contributed by atoms with Gasteiger partial charge in [0.1, 0.15) is 0 Å². The average Bonchev–Trinajstić information content (AvgIpc) is 3.01. The zero-order valence-corrected chi connectivity index (χ0v) is 11.1. The summed E-state index contributed by atoms with van der Waals surface area (Å²) >= 11 is 3.09. The van der Waals surface area contributed by atoms with E-state index >= 15 is 0 Å². The maximum atomic E-state index is 11.8. The summed E-state index contributed by atoms with van der Waals surface area (Å²) in [6.45, 7) is -0.0609. The Morgan fingerprint density at radius 1 is 1.56 bits per heavy atom. The van der Waals surface area contributed by atoms with Crippen LogP contribution in [0.2, 0.25) is 0 Å². The Morgan fingerprint density at radius 2 is 2.28 bits per heavy atom. The van der Waals surface area contributed by atoms with Crippen molar-refractivity contribution >= 4 is 15.9 Å². The van der Waals surface area contributed by atoms with Crippen molar-refractivity contribution in [1.29, 1.82) is 0 Å². The summed E-state index contributed by atoms with van der Waals surface area (Å²) in [6.07, 6.45) is 2.03. The Morgan fingerprint density at radius 3 is 2.83 bits per heavy atom. The largest absolute Gasteiger partial charge is 0.396 e. The summed E-state index contributed by atoms with van der Waals surface area (Å²) in [5.74, 6) is 0.105. The average molecular weight is 317 g/mol. The second-order valence-corrected chi connectivity index (χ2v) is 6.02. The fraction of sp³-hybridized carbons (Fsp3) is 0.636. The van der Waals surface area contributed by atoms with Crippen LogP contribution >= 0.6 is 15.9 Å². The van der Waals surface area contributed by atoms with E-state index in [-0.39, 0.29) is 18.6 Å². The Labute approximate surface area is 110 Å². The van der Waals surface area contributed by atoms with Crippen molar-refractivity contribution in [2.45, 2.75) is 25.0 Å². The standard InChI is InChI=1S/C11H13BrN2O4/c12-6-3-14(10(18)13-9(6)17)7-1-8(16)11(4-15)2-5(7)11/h3,5,7-8,15-16H,1-2,4H2,(H,13,17,18)/t5?,7-,8-,11+/m0/s1. The number of nitrogens with one attached hydrogen (secondary N) is 1. The van der Waals surface area contributed by atoms with Gasteiger partial charge in [-0.1, -0.05) is 0 Å². The first-order chi connectivity index (χ1) is 8.49. The Balaban J connectivity index is 2.02. The number of aromatic nitrogens is 2. The number of hydrogen-bond donors (Lipinski definition) is 3. The lowest BCUT2D eigenvalue weighted by molar-refractivity contribution is 0.0599. The molecule has 4 atom stereocenters. The Bertz CT molecular complexity index is 610. The first kappa shape index (κ1) is 12.1. The second-order valence-electron chi connectivity index (χ2n) is 5.16. The lowest BCUT2D eigenvalue weighted by atomic mass is 10.0. The molecule has 7 heteroatoms. The first-order valence-electron chi connectivity index (χ1n) is 5.79. The van der Waals surface area contributed by atoms with Crippen molar-refractivity contribution in [3.05, 3.63) is 31.5 Å². The number of rotatable bonds is 2. The summed E-state index contributed by atoms with van der Waals surface area (Å²) in [6, 6.07) is -0.159. The van der Waals surface area contributed by atoms with Gasteiger partial charge in [0.2, 0.25) is 0 Å². The van der Waals surface area contributed by atoms with Crippen LogP contribution in [0.15, 0.2) is 20.3 Å². The molecule has 0 spiro atoms. The van der Waals surface area contributed by atoms with Crippen LogP contribution in [-0.2, 0) is 0 Å². The van der Waals surface area contributed by atoms with Crippen LogP contribution in [0, 0.1) is 11.3 Å². The summed E-state index contributed by atoms with van der Waals surface area (Å²) in [4.78, 5) is 25.3. The molecule has 1 aromatic heterocycles. The van der Waals surface area contributed by atoms with E-state index in [0.29, 0.717) is 10.9 Å². The number of halogens is 1. The third-order valence-corrected chi connectivity index (χ3v) is 4.91. The third-order valence-electron chi connectivity index (χ3n) is 4.35. The molecule has 0 amide bonds. The maximum absolute atomic E-state index is 11.8. The molecule has 0 aromatic carbocycles. The minimum absolute atomic E-state index is 0.0609. The number of aliphatic hydroxyl groups is 2. The summed E-state index contributed by atoms with van der Waals surface area (Å²) in [7, 11) is 0. The van der Waals surface area contributed by atoms with Crippen LogP contribution in [0.1, 0.15) is 18.9 Å². The van der Waals surface area contributed by atoms with Crippen molar-refractivity contribution < 1.29 is 10.2 Å². The lowest BCUT2D eigenvalue weighted by Gasteiger charge is -2.16. The molecule has 1 unspecified atom stereocenters. The number of H-pyrrole nitrogens is 1. The van der Waals surface area contributed by atoms with Gasteiger partial charge in [0.05, 0.1) is 17.2 Å². The molecule has 1 aromatic rings. The molecule has 0 aliphatic heterocycles. The number of aliphatic hydroxyl groups excluding tert-OH is 2. The van der Waals surface area contributed by atoms with Crippen LogP contribution < -0.4 is 11.2 Å². The van der Waals surface area contributed by atoms with Crippen LogP contribution in [0.25, 0.3) is 0 Å². The van der Waals surface area contributed by atoms with Gasteiger partial charge < -0.3 is 10.2 Å². The molecule has 18 heavy (non-hydrogen) atoms. The third kappa shape index (κ3) is 1.47. The normalized spacial score (nSPS) is 37.6. The predicted molar refractivity (Wildman–Crippen MR) is 66.3 cm³/mol. The van der Waals surface area contributed by atoms with Crippen molar-refractivity contribution in [2.75, 3.05) is 6.61 Å². The molecule has 2 aliphatic carbocycles. The molecule has 2 saturated carbocycles. The van der Waals surface area contributed by atoms with Crippen molar-refractivity contribution in [1.82, 2.24) is 9.55 Å².